The first kappa shape index (κ1) is 35.5. The summed E-state index contributed by atoms with van der Waals surface area (Å²) in [7, 11) is 0. The van der Waals surface area contributed by atoms with Gasteiger partial charge in [-0.3, -0.25) is 19.2 Å². The van der Waals surface area contributed by atoms with Crippen LogP contribution in [0.15, 0.2) is 23.4 Å². The number of alkyl carbamates (subject to hydrolysis) is 1. The number of amides is 4. The van der Waals surface area contributed by atoms with Crippen LogP contribution < -0.4 is 16.0 Å². The zero-order valence-electron chi connectivity index (χ0n) is 27.6. The smallest absolute Gasteiger partial charge is 0.408 e. The number of nitrogens with one attached hydrogen (secondary N) is 3. The Kier molecular flexibility index (Phi) is 10.6. The molecule has 5 atom stereocenters. The molecule has 3 N–H and O–H groups in total. The Morgan fingerprint density at radius 2 is 1.92 bits per heavy atom. The third-order valence-corrected chi connectivity index (χ3v) is 9.25. The van der Waals surface area contributed by atoms with Crippen molar-refractivity contribution in [3.05, 3.63) is 34.6 Å². The molecular weight excluding hydrogens is 649 g/mol. The predicted molar refractivity (Wildman–Crippen MR) is 172 cm³/mol. The largest absolute Gasteiger partial charge is 0.444 e. The number of ether oxygens (including phenoxy) is 2. The second kappa shape index (κ2) is 14.4. The van der Waals surface area contributed by atoms with Gasteiger partial charge in [-0.2, -0.15) is 0 Å². The van der Waals surface area contributed by atoms with Crippen LogP contribution in [0.5, 0.6) is 0 Å². The number of likely N-dealkylation sites (tertiary alicyclic amines) is 1. The Labute approximate surface area is 283 Å². The van der Waals surface area contributed by atoms with Crippen molar-refractivity contribution in [1.29, 1.82) is 0 Å². The molecule has 1 aliphatic carbocycles. The van der Waals surface area contributed by atoms with E-state index in [2.05, 4.69) is 21.1 Å². The Hall–Kier alpha value is -3.78. The van der Waals surface area contributed by atoms with Crippen LogP contribution in [0.4, 0.5) is 9.18 Å². The van der Waals surface area contributed by atoms with Crippen molar-refractivity contribution in [2.45, 2.75) is 109 Å². The average Bonchev–Trinajstić information content (AvgIpc) is 3.38. The van der Waals surface area contributed by atoms with E-state index in [0.29, 0.717) is 30.7 Å². The lowest BCUT2D eigenvalue weighted by atomic mass is 9.85. The number of ketones is 1. The van der Waals surface area contributed by atoms with Crippen LogP contribution in [0.3, 0.4) is 0 Å². The molecule has 3 aliphatic heterocycles. The van der Waals surface area contributed by atoms with Gasteiger partial charge in [-0.15, -0.1) is 0 Å². The van der Waals surface area contributed by atoms with Crippen LogP contribution in [0, 0.1) is 11.2 Å². The molecule has 4 amide bonds. The van der Waals surface area contributed by atoms with E-state index in [9.17, 15) is 28.4 Å². The summed E-state index contributed by atoms with van der Waals surface area (Å²) in [4.78, 5) is 74.4. The first-order valence-electron chi connectivity index (χ1n) is 16.4. The molecule has 1 aromatic carbocycles. The van der Waals surface area contributed by atoms with Gasteiger partial charge in [0.15, 0.2) is 5.60 Å². The summed E-state index contributed by atoms with van der Waals surface area (Å²) in [5, 5.41) is 12.2. The minimum Gasteiger partial charge on any atom is -0.444 e. The lowest BCUT2D eigenvalue weighted by molar-refractivity contribution is -0.144. The quantitative estimate of drug-likeness (QED) is 0.298. The van der Waals surface area contributed by atoms with Crippen molar-refractivity contribution in [1.82, 2.24) is 20.9 Å². The number of hydrogen-bond donors (Lipinski definition) is 3. The highest BCUT2D eigenvalue weighted by molar-refractivity contribution is 6.38. The summed E-state index contributed by atoms with van der Waals surface area (Å²) in [5.41, 5.74) is -0.990. The molecule has 0 radical (unpaired) electrons. The highest BCUT2D eigenvalue weighted by Gasteiger charge is 2.56. The van der Waals surface area contributed by atoms with Gasteiger partial charge in [0.1, 0.15) is 24.0 Å². The molecular formula is C33H43ClFN5O8. The van der Waals surface area contributed by atoms with Crippen molar-refractivity contribution in [3.8, 4) is 0 Å². The second-order valence-corrected chi connectivity index (χ2v) is 14.5. The second-order valence-electron chi connectivity index (χ2n) is 14.1. The molecule has 0 aromatic heterocycles. The maximum atomic E-state index is 14.4. The molecule has 0 unspecified atom stereocenters. The van der Waals surface area contributed by atoms with Gasteiger partial charge in [-0.1, -0.05) is 56.9 Å². The van der Waals surface area contributed by atoms with Gasteiger partial charge in [0.05, 0.1) is 36.5 Å². The number of hydrogen-bond acceptors (Lipinski definition) is 9. The minimum absolute atomic E-state index is 0.00543. The fraction of sp³-hybridized carbons (Fsp3) is 0.636. The lowest BCUT2D eigenvalue weighted by Crippen LogP contribution is -2.59. The highest BCUT2D eigenvalue weighted by atomic mass is 35.5. The monoisotopic (exact) mass is 691 g/mol. The Morgan fingerprint density at radius 3 is 2.54 bits per heavy atom. The summed E-state index contributed by atoms with van der Waals surface area (Å²) < 4.78 is 24.6. The van der Waals surface area contributed by atoms with Gasteiger partial charge in [0.2, 0.25) is 17.6 Å². The number of oxime groups is 1. The van der Waals surface area contributed by atoms with E-state index in [1.165, 1.54) is 23.1 Å². The summed E-state index contributed by atoms with van der Waals surface area (Å²) in [6.45, 7) is 7.79. The zero-order chi connectivity index (χ0) is 34.8. The normalized spacial score (nSPS) is 24.8. The summed E-state index contributed by atoms with van der Waals surface area (Å²) in [6.07, 6.45) is 1.78. The van der Waals surface area contributed by atoms with E-state index in [-0.39, 0.29) is 43.5 Å². The third kappa shape index (κ3) is 8.25. The van der Waals surface area contributed by atoms with Crippen molar-refractivity contribution >= 4 is 46.9 Å². The van der Waals surface area contributed by atoms with E-state index >= 15 is 0 Å². The Morgan fingerprint density at radius 1 is 1.17 bits per heavy atom. The molecule has 1 saturated carbocycles. The molecule has 1 aromatic rings. The molecule has 3 fully saturated rings. The van der Waals surface area contributed by atoms with E-state index in [0.717, 1.165) is 12.8 Å². The Bertz CT molecular complexity index is 1470. The zero-order valence-corrected chi connectivity index (χ0v) is 28.4. The number of nitrogens with zero attached hydrogens (tertiary/aromatic N) is 2. The number of carbonyl (C=O) groups is 5. The van der Waals surface area contributed by atoms with Gasteiger partial charge in [-0.25, -0.2) is 9.18 Å². The number of halogens is 2. The summed E-state index contributed by atoms with van der Waals surface area (Å²) in [5.74, 6) is -3.32. The molecule has 262 valence electrons. The van der Waals surface area contributed by atoms with Crippen molar-refractivity contribution in [2.75, 3.05) is 19.8 Å². The topological polar surface area (TPSA) is 165 Å². The van der Waals surface area contributed by atoms with Crippen LogP contribution in [0.2, 0.25) is 5.02 Å². The van der Waals surface area contributed by atoms with E-state index in [1.54, 1.807) is 20.8 Å². The van der Waals surface area contributed by atoms with Crippen LogP contribution in [-0.2, 0) is 33.5 Å². The third-order valence-electron chi connectivity index (χ3n) is 8.96. The van der Waals surface area contributed by atoms with Crippen LogP contribution in [0.1, 0.15) is 78.2 Å². The number of rotatable bonds is 11. The van der Waals surface area contributed by atoms with Crippen LogP contribution in [-0.4, -0.2) is 95.8 Å². The number of Topliss-reactive ketones (excluding diaryl/α,β-unsaturated/α-hetero) is 1. The molecule has 5 rings (SSSR count). The van der Waals surface area contributed by atoms with E-state index in [4.69, 9.17) is 25.9 Å². The highest BCUT2D eigenvalue weighted by Crippen LogP contribution is 2.40. The van der Waals surface area contributed by atoms with Gasteiger partial charge >= 0.3 is 6.09 Å². The van der Waals surface area contributed by atoms with Crippen molar-refractivity contribution < 1.29 is 42.7 Å². The van der Waals surface area contributed by atoms with Gasteiger partial charge in [0, 0.05) is 30.9 Å². The summed E-state index contributed by atoms with van der Waals surface area (Å²) in [6, 6.07) is 0.745. The molecule has 3 heterocycles. The molecule has 2 saturated heterocycles. The molecule has 48 heavy (non-hydrogen) atoms. The van der Waals surface area contributed by atoms with Crippen molar-refractivity contribution in [2.24, 2.45) is 10.6 Å². The van der Waals surface area contributed by atoms with Crippen LogP contribution in [0.25, 0.3) is 0 Å². The Balaban J connectivity index is 1.39. The van der Waals surface area contributed by atoms with Gasteiger partial charge in [0.25, 0.3) is 5.91 Å². The van der Waals surface area contributed by atoms with Gasteiger partial charge < -0.3 is 35.2 Å². The van der Waals surface area contributed by atoms with Crippen LogP contribution >= 0.6 is 11.6 Å². The fourth-order valence-corrected chi connectivity index (χ4v) is 6.33. The molecule has 0 bridgehead atoms. The molecule has 15 heteroatoms. The minimum atomic E-state index is -1.15. The van der Waals surface area contributed by atoms with Crippen molar-refractivity contribution in [3.63, 3.8) is 0 Å². The van der Waals surface area contributed by atoms with E-state index < -0.39 is 70.7 Å². The average molecular weight is 692 g/mol. The predicted octanol–water partition coefficient (Wildman–Crippen LogP) is 3.01. The molecule has 1 spiro atoms. The van der Waals surface area contributed by atoms with Gasteiger partial charge in [-0.05, 0) is 36.8 Å². The first-order valence-corrected chi connectivity index (χ1v) is 16.8. The maximum Gasteiger partial charge on any atom is 0.408 e. The summed E-state index contributed by atoms with van der Waals surface area (Å²) >= 11 is 6.01. The lowest BCUT2D eigenvalue weighted by Gasteiger charge is -2.35. The maximum absolute atomic E-state index is 14.4. The number of carbonyl (C=O) groups excluding carboxylic acids is 5. The molecule has 13 nitrogen and oxygen atoms in total. The molecule has 4 aliphatic rings. The SMILES string of the molecule is CCC[C@H](NC(=O)[C@@H]1C[C@]2(CC(c3ccc(F)c(Cl)c3)=NO2)CN1C(=O)[C@@H](NC(=O)O[C@H]1CCOC1)C(C)(C)C)C(=O)C(=O)NC1CC1. The first-order chi connectivity index (χ1) is 22.7. The number of benzene rings is 1. The fourth-order valence-electron chi connectivity index (χ4n) is 6.15. The standard InChI is InChI=1S/C33H43ClFN5O8/c1-5-6-23(26(41)29(43)36-19-8-9-19)37-28(42)25-15-33(14-24(39-48-33)18-7-10-22(35)21(34)13-18)17-40(25)30(44)27(32(2,3)4)38-31(45)47-20-11-12-46-16-20/h7,10,13,19-20,23,25,27H,5-6,8-9,11-12,14-17H2,1-4H3,(H,36,43)(H,37,42)(H,38,45)/t20-,23-,25-,27+,33+/m0/s1. The van der Waals surface area contributed by atoms with E-state index in [1.807, 2.05) is 6.92 Å².